The maximum atomic E-state index is 14.8. The molecule has 2 aromatic heterocycles. The molecule has 0 amide bonds. The number of nitrogen functional groups attached to an aromatic ring is 2. The van der Waals surface area contributed by atoms with Gasteiger partial charge in [0.1, 0.15) is 11.6 Å². The van der Waals surface area contributed by atoms with Gasteiger partial charge in [0, 0.05) is 17.3 Å². The molecule has 0 saturated carbocycles. The Balaban J connectivity index is 2.16. The molecular weight excluding hydrogens is 373 g/mol. The second-order valence-corrected chi connectivity index (χ2v) is 6.01. The Morgan fingerprint density at radius 1 is 1.17 bits per heavy atom. The van der Waals surface area contributed by atoms with E-state index in [1.165, 1.54) is 25.4 Å². The van der Waals surface area contributed by atoms with Crippen LogP contribution in [0.2, 0.25) is 0 Å². The Morgan fingerprint density at radius 3 is 2.59 bits per heavy atom. The lowest BCUT2D eigenvalue weighted by molar-refractivity contribution is 0.0600. The number of anilines is 2. The van der Waals surface area contributed by atoms with E-state index >= 15 is 0 Å². The molecule has 146 valence electrons. The van der Waals surface area contributed by atoms with E-state index in [9.17, 15) is 9.18 Å². The quantitative estimate of drug-likeness (QED) is 0.520. The summed E-state index contributed by atoms with van der Waals surface area (Å²) in [5.41, 5.74) is 13.6. The van der Waals surface area contributed by atoms with E-state index in [2.05, 4.69) is 31.5 Å². The average Bonchev–Trinajstić information content (AvgIpc) is 2.72. The number of esters is 1. The van der Waals surface area contributed by atoms with Gasteiger partial charge in [0.25, 0.3) is 0 Å². The third-order valence-electron chi connectivity index (χ3n) is 4.10. The third kappa shape index (κ3) is 4.30. The minimum absolute atomic E-state index is 0.00740. The highest BCUT2D eigenvalue weighted by Crippen LogP contribution is 2.28. The van der Waals surface area contributed by atoms with Gasteiger partial charge in [-0.3, -0.25) is 0 Å². The Kier molecular flexibility index (Phi) is 5.69. The Labute approximate surface area is 167 Å². The van der Waals surface area contributed by atoms with Crippen LogP contribution < -0.4 is 11.5 Å². The third-order valence-corrected chi connectivity index (χ3v) is 4.10. The summed E-state index contributed by atoms with van der Waals surface area (Å²) in [4.78, 5) is 24.1. The normalized spacial score (nSPS) is 10.2. The van der Waals surface area contributed by atoms with E-state index in [0.29, 0.717) is 29.1 Å². The predicted octanol–water partition coefficient (Wildman–Crippen LogP) is 2.59. The fraction of sp³-hybridized carbons (Fsp3) is 0.143. The zero-order chi connectivity index (χ0) is 21.0. The number of halogens is 1. The predicted molar refractivity (Wildman–Crippen MR) is 107 cm³/mol. The molecule has 0 bridgehead atoms. The zero-order valence-electron chi connectivity index (χ0n) is 15.9. The van der Waals surface area contributed by atoms with Crippen LogP contribution in [0.3, 0.4) is 0 Å². The van der Waals surface area contributed by atoms with Gasteiger partial charge >= 0.3 is 5.97 Å². The lowest BCUT2D eigenvalue weighted by Crippen LogP contribution is -2.07. The number of hydrogen-bond acceptors (Lipinski definition) is 7. The number of aromatic nitrogens is 3. The molecule has 0 atom stereocenters. The van der Waals surface area contributed by atoms with Crippen molar-refractivity contribution >= 4 is 17.7 Å². The van der Waals surface area contributed by atoms with E-state index in [-0.39, 0.29) is 22.8 Å². The molecular formula is C21H18FN5O2. The van der Waals surface area contributed by atoms with Crippen molar-refractivity contribution in [2.45, 2.75) is 13.3 Å². The molecule has 0 saturated heterocycles. The molecule has 0 fully saturated rings. The van der Waals surface area contributed by atoms with Crippen LogP contribution in [0.25, 0.3) is 11.3 Å². The monoisotopic (exact) mass is 391 g/mol. The largest absolute Gasteiger partial charge is 0.465 e. The second-order valence-electron chi connectivity index (χ2n) is 6.01. The van der Waals surface area contributed by atoms with E-state index in [1.807, 2.05) is 6.92 Å². The highest BCUT2D eigenvalue weighted by molar-refractivity contribution is 5.90. The number of methoxy groups -OCH3 is 1. The van der Waals surface area contributed by atoms with Crippen LogP contribution in [0, 0.1) is 17.7 Å². The first-order valence-corrected chi connectivity index (χ1v) is 8.71. The molecule has 0 aliphatic rings. The minimum Gasteiger partial charge on any atom is -0.465 e. The number of carbonyl (C=O) groups is 1. The Bertz CT molecular complexity index is 1130. The number of pyridine rings is 1. The van der Waals surface area contributed by atoms with Crippen molar-refractivity contribution in [1.82, 2.24) is 15.0 Å². The topological polar surface area (TPSA) is 117 Å². The van der Waals surface area contributed by atoms with Gasteiger partial charge in [-0.05, 0) is 36.8 Å². The van der Waals surface area contributed by atoms with E-state index in [0.717, 1.165) is 6.07 Å². The maximum Gasteiger partial charge on any atom is 0.337 e. The summed E-state index contributed by atoms with van der Waals surface area (Å²) in [7, 11) is 1.23. The van der Waals surface area contributed by atoms with Gasteiger partial charge in [-0.25, -0.2) is 24.1 Å². The fourth-order valence-corrected chi connectivity index (χ4v) is 2.67. The van der Waals surface area contributed by atoms with Gasteiger partial charge in [-0.15, -0.1) is 0 Å². The lowest BCUT2D eigenvalue weighted by Gasteiger charge is -2.11. The van der Waals surface area contributed by atoms with Crippen LogP contribution in [0.4, 0.5) is 16.2 Å². The lowest BCUT2D eigenvalue weighted by atomic mass is 10.0. The van der Waals surface area contributed by atoms with Crippen LogP contribution >= 0.6 is 0 Å². The molecule has 2 heterocycles. The Hall–Kier alpha value is -3.99. The summed E-state index contributed by atoms with van der Waals surface area (Å²) in [5.74, 6) is 5.07. The van der Waals surface area contributed by atoms with Crippen molar-refractivity contribution in [2.24, 2.45) is 0 Å². The van der Waals surface area contributed by atoms with Crippen molar-refractivity contribution in [1.29, 1.82) is 0 Å². The summed E-state index contributed by atoms with van der Waals surface area (Å²) in [5, 5.41) is 0. The smallest absolute Gasteiger partial charge is 0.337 e. The van der Waals surface area contributed by atoms with Crippen LogP contribution in [-0.2, 0) is 11.2 Å². The van der Waals surface area contributed by atoms with Crippen molar-refractivity contribution in [3.05, 3.63) is 64.7 Å². The summed E-state index contributed by atoms with van der Waals surface area (Å²) in [6.45, 7) is 1.89. The number of aryl methyl sites for hydroxylation is 1. The molecule has 7 nitrogen and oxygen atoms in total. The number of benzene rings is 1. The summed E-state index contributed by atoms with van der Waals surface area (Å²) < 4.78 is 19.4. The molecule has 0 aliphatic heterocycles. The van der Waals surface area contributed by atoms with Crippen molar-refractivity contribution in [3.63, 3.8) is 0 Å². The first-order valence-electron chi connectivity index (χ1n) is 8.71. The second kappa shape index (κ2) is 8.35. The number of rotatable bonds is 3. The van der Waals surface area contributed by atoms with Gasteiger partial charge in [0.2, 0.25) is 5.95 Å². The first-order chi connectivity index (χ1) is 13.9. The SMILES string of the molecule is CCc1nc(N)nc(-c2ccc(C(=O)OC)cc2F)c1C#Cc1ccc(N)nc1. The first kappa shape index (κ1) is 19.8. The van der Waals surface area contributed by atoms with Crippen molar-refractivity contribution < 1.29 is 13.9 Å². The molecule has 0 spiro atoms. The highest BCUT2D eigenvalue weighted by atomic mass is 19.1. The molecule has 3 aromatic rings. The number of nitrogens with two attached hydrogens (primary N) is 2. The molecule has 29 heavy (non-hydrogen) atoms. The van der Waals surface area contributed by atoms with Gasteiger partial charge in [-0.1, -0.05) is 18.8 Å². The molecule has 1 aromatic carbocycles. The molecule has 4 N–H and O–H groups in total. The number of hydrogen-bond donors (Lipinski definition) is 2. The number of nitrogens with zero attached hydrogens (tertiary/aromatic N) is 3. The van der Waals surface area contributed by atoms with E-state index in [1.54, 1.807) is 12.1 Å². The van der Waals surface area contributed by atoms with Crippen LogP contribution in [0.1, 0.15) is 34.1 Å². The zero-order valence-corrected chi connectivity index (χ0v) is 15.9. The van der Waals surface area contributed by atoms with Gasteiger partial charge in [0.05, 0.1) is 29.6 Å². The van der Waals surface area contributed by atoms with E-state index in [4.69, 9.17) is 11.5 Å². The number of ether oxygens (including phenoxy) is 1. The molecule has 0 unspecified atom stereocenters. The van der Waals surface area contributed by atoms with Crippen molar-refractivity contribution in [3.8, 4) is 23.1 Å². The molecule has 0 aliphatic carbocycles. The number of carbonyl (C=O) groups excluding carboxylic acids is 1. The fourth-order valence-electron chi connectivity index (χ4n) is 2.67. The molecule has 0 radical (unpaired) electrons. The van der Waals surface area contributed by atoms with Gasteiger partial charge < -0.3 is 16.2 Å². The van der Waals surface area contributed by atoms with Crippen LogP contribution in [0.15, 0.2) is 36.5 Å². The summed E-state index contributed by atoms with van der Waals surface area (Å²) in [6, 6.07) is 7.35. The van der Waals surface area contributed by atoms with Crippen LogP contribution in [0.5, 0.6) is 0 Å². The summed E-state index contributed by atoms with van der Waals surface area (Å²) >= 11 is 0. The molecule has 8 heteroatoms. The summed E-state index contributed by atoms with van der Waals surface area (Å²) in [6.07, 6.45) is 2.06. The van der Waals surface area contributed by atoms with Crippen molar-refractivity contribution in [2.75, 3.05) is 18.6 Å². The van der Waals surface area contributed by atoms with E-state index < -0.39 is 11.8 Å². The van der Waals surface area contributed by atoms with Gasteiger partial charge in [-0.2, -0.15) is 0 Å². The Morgan fingerprint density at radius 2 is 1.97 bits per heavy atom. The van der Waals surface area contributed by atoms with Gasteiger partial charge in [0.15, 0.2) is 0 Å². The highest BCUT2D eigenvalue weighted by Gasteiger charge is 2.18. The molecule has 3 rings (SSSR count). The van der Waals surface area contributed by atoms with Crippen LogP contribution in [-0.4, -0.2) is 28.0 Å². The minimum atomic E-state index is -0.648. The average molecular weight is 391 g/mol. The standard InChI is InChI=1S/C21H18FN5O2/c1-3-17-15(7-4-12-5-9-18(23)25-11-12)19(27-21(24)26-17)14-8-6-13(10-16(14)22)20(28)29-2/h5-6,8-11H,3H2,1-2H3,(H2,23,25)(H2,24,26,27). The maximum absolute atomic E-state index is 14.8.